The molecule has 1 aromatic rings. The third-order valence-electron chi connectivity index (χ3n) is 3.97. The van der Waals surface area contributed by atoms with Gasteiger partial charge in [0.2, 0.25) is 0 Å². The first-order chi connectivity index (χ1) is 9.69. The first-order valence-electron chi connectivity index (χ1n) is 7.94. The molecular weight excluding hydrogens is 248 g/mol. The van der Waals surface area contributed by atoms with Crippen LogP contribution >= 0.6 is 0 Å². The minimum absolute atomic E-state index is 0.570. The number of nitrogens with one attached hydrogen (secondary N) is 1. The number of hydrogen-bond donors (Lipinski definition) is 1. The summed E-state index contributed by atoms with van der Waals surface area (Å²) in [6.45, 7) is 9.38. The molecule has 1 aromatic heterocycles. The Hall–Kier alpha value is -1.16. The van der Waals surface area contributed by atoms with E-state index in [-0.39, 0.29) is 0 Å². The molecule has 0 amide bonds. The maximum Gasteiger partial charge on any atom is 0.129 e. The Morgan fingerprint density at radius 2 is 1.85 bits per heavy atom. The molecule has 4 heteroatoms. The highest BCUT2D eigenvalue weighted by molar-refractivity contribution is 5.35. The highest BCUT2D eigenvalue weighted by Gasteiger charge is 2.23. The quantitative estimate of drug-likeness (QED) is 0.915. The zero-order valence-electron chi connectivity index (χ0n) is 13.7. The van der Waals surface area contributed by atoms with Gasteiger partial charge in [0.1, 0.15) is 12.1 Å². The van der Waals surface area contributed by atoms with Crippen molar-refractivity contribution >= 4 is 5.82 Å². The summed E-state index contributed by atoms with van der Waals surface area (Å²) in [5, 5.41) is 3.53. The van der Waals surface area contributed by atoms with Gasteiger partial charge < -0.3 is 10.2 Å². The average Bonchev–Trinajstić information content (AvgIpc) is 2.49. The molecule has 0 saturated heterocycles. The predicted octanol–water partition coefficient (Wildman–Crippen LogP) is 3.49. The van der Waals surface area contributed by atoms with Gasteiger partial charge in [-0.15, -0.1) is 0 Å². The number of aryl methyl sites for hydroxylation is 1. The van der Waals surface area contributed by atoms with Crippen LogP contribution in [0.3, 0.4) is 0 Å². The monoisotopic (exact) mass is 278 g/mol. The van der Waals surface area contributed by atoms with E-state index in [0.717, 1.165) is 24.1 Å². The number of nitrogens with zero attached hydrogens (tertiary/aromatic N) is 3. The topological polar surface area (TPSA) is 41.0 Å². The molecule has 0 aliphatic heterocycles. The smallest absolute Gasteiger partial charge is 0.129 e. The second-order valence-electron chi connectivity index (χ2n) is 5.27. The van der Waals surface area contributed by atoms with Crippen LogP contribution in [-0.4, -0.2) is 40.5 Å². The highest BCUT2D eigenvalue weighted by atomic mass is 15.1. The molecule has 114 valence electrons. The summed E-state index contributed by atoms with van der Waals surface area (Å²) in [6.07, 6.45) is 6.67. The Morgan fingerprint density at radius 3 is 2.40 bits per heavy atom. The number of rotatable bonds is 4. The maximum atomic E-state index is 4.27. The number of anilines is 1. The molecule has 1 fully saturated rings. The lowest BCUT2D eigenvalue weighted by Crippen LogP contribution is -2.38. The van der Waals surface area contributed by atoms with Crippen LogP contribution < -0.4 is 5.32 Å². The van der Waals surface area contributed by atoms with Gasteiger partial charge in [-0.2, -0.15) is 0 Å². The summed E-state index contributed by atoms with van der Waals surface area (Å²) in [5.41, 5.74) is 1.02. The van der Waals surface area contributed by atoms with Gasteiger partial charge >= 0.3 is 0 Å². The predicted molar refractivity (Wildman–Crippen MR) is 86.1 cm³/mol. The fraction of sp³-hybridized carbons (Fsp3) is 0.750. The Labute approximate surface area is 124 Å². The van der Waals surface area contributed by atoms with Crippen molar-refractivity contribution in [2.45, 2.75) is 65.5 Å². The first-order valence-corrected chi connectivity index (χ1v) is 7.94. The van der Waals surface area contributed by atoms with Crippen molar-refractivity contribution in [3.05, 3.63) is 18.1 Å². The minimum Gasteiger partial charge on any atom is -0.367 e. The van der Waals surface area contributed by atoms with Crippen LogP contribution in [0.15, 0.2) is 12.4 Å². The van der Waals surface area contributed by atoms with E-state index in [1.807, 2.05) is 26.8 Å². The second-order valence-corrected chi connectivity index (χ2v) is 5.27. The highest BCUT2D eigenvalue weighted by Crippen LogP contribution is 2.24. The first kappa shape index (κ1) is 16.9. The molecule has 1 N–H and O–H groups in total. The summed E-state index contributed by atoms with van der Waals surface area (Å²) in [7, 11) is 2.23. The molecule has 1 heterocycles. The van der Waals surface area contributed by atoms with Gasteiger partial charge in [-0.3, -0.25) is 0 Å². The molecule has 0 spiro atoms. The fourth-order valence-electron chi connectivity index (χ4n) is 2.66. The minimum atomic E-state index is 0.570. The molecule has 0 bridgehead atoms. The Morgan fingerprint density at radius 1 is 1.20 bits per heavy atom. The van der Waals surface area contributed by atoms with E-state index in [2.05, 4.69) is 34.2 Å². The van der Waals surface area contributed by atoms with Crippen molar-refractivity contribution < 1.29 is 0 Å². The third-order valence-corrected chi connectivity index (χ3v) is 3.97. The van der Waals surface area contributed by atoms with Gasteiger partial charge in [-0.25, -0.2) is 9.97 Å². The standard InChI is InChI=1S/C14H24N4.C2H6/c1-4-18(3)13-7-5-12(6-8-13)17-14-9-11(2)15-10-16-14;1-2/h9-10,12-13H,4-8H2,1-3H3,(H,15,16,17);1-2H3. The van der Waals surface area contributed by atoms with Crippen LogP contribution in [0.2, 0.25) is 0 Å². The van der Waals surface area contributed by atoms with Crippen molar-refractivity contribution in [1.82, 2.24) is 14.9 Å². The normalized spacial score (nSPS) is 22.1. The lowest BCUT2D eigenvalue weighted by molar-refractivity contribution is 0.194. The van der Waals surface area contributed by atoms with Gasteiger partial charge in [0.05, 0.1) is 0 Å². The van der Waals surface area contributed by atoms with E-state index in [1.165, 1.54) is 25.7 Å². The Balaban J connectivity index is 0.000000956. The van der Waals surface area contributed by atoms with Crippen LogP contribution in [0.25, 0.3) is 0 Å². The van der Waals surface area contributed by atoms with Gasteiger partial charge in [0, 0.05) is 23.8 Å². The average molecular weight is 278 g/mol. The van der Waals surface area contributed by atoms with Crippen LogP contribution in [0, 0.1) is 6.92 Å². The van der Waals surface area contributed by atoms with Gasteiger partial charge in [0.15, 0.2) is 0 Å². The molecule has 0 radical (unpaired) electrons. The largest absolute Gasteiger partial charge is 0.367 e. The molecular formula is C16H30N4. The van der Waals surface area contributed by atoms with Crippen LogP contribution in [-0.2, 0) is 0 Å². The van der Waals surface area contributed by atoms with E-state index in [9.17, 15) is 0 Å². The van der Waals surface area contributed by atoms with Crippen molar-refractivity contribution in [2.75, 3.05) is 18.9 Å². The van der Waals surface area contributed by atoms with Crippen LogP contribution in [0.1, 0.15) is 52.1 Å². The van der Waals surface area contributed by atoms with Crippen molar-refractivity contribution in [1.29, 1.82) is 0 Å². The van der Waals surface area contributed by atoms with Crippen molar-refractivity contribution in [3.8, 4) is 0 Å². The molecule has 1 aliphatic carbocycles. The molecule has 1 aliphatic rings. The van der Waals surface area contributed by atoms with Crippen LogP contribution in [0.4, 0.5) is 5.82 Å². The Bertz CT molecular complexity index is 372. The van der Waals surface area contributed by atoms with E-state index >= 15 is 0 Å². The van der Waals surface area contributed by atoms with E-state index in [1.54, 1.807) is 6.33 Å². The summed E-state index contributed by atoms with van der Waals surface area (Å²) in [4.78, 5) is 10.9. The zero-order valence-corrected chi connectivity index (χ0v) is 13.7. The molecule has 0 aromatic carbocycles. The fourth-order valence-corrected chi connectivity index (χ4v) is 2.66. The molecule has 1 saturated carbocycles. The lowest BCUT2D eigenvalue weighted by atomic mass is 9.90. The molecule has 4 nitrogen and oxygen atoms in total. The van der Waals surface area contributed by atoms with Gasteiger partial charge in [-0.1, -0.05) is 20.8 Å². The number of aromatic nitrogens is 2. The van der Waals surface area contributed by atoms with Crippen LogP contribution in [0.5, 0.6) is 0 Å². The summed E-state index contributed by atoms with van der Waals surface area (Å²) >= 11 is 0. The second kappa shape index (κ2) is 8.90. The molecule has 2 rings (SSSR count). The maximum absolute atomic E-state index is 4.27. The summed E-state index contributed by atoms with van der Waals surface area (Å²) in [5.74, 6) is 0.967. The van der Waals surface area contributed by atoms with Crippen molar-refractivity contribution in [2.24, 2.45) is 0 Å². The van der Waals surface area contributed by atoms with E-state index in [0.29, 0.717) is 6.04 Å². The molecule has 0 atom stereocenters. The Kier molecular flexibility index (Phi) is 7.52. The summed E-state index contributed by atoms with van der Waals surface area (Å²) in [6, 6.07) is 3.35. The van der Waals surface area contributed by atoms with Gasteiger partial charge in [0.25, 0.3) is 0 Å². The van der Waals surface area contributed by atoms with E-state index < -0.39 is 0 Å². The van der Waals surface area contributed by atoms with Crippen molar-refractivity contribution in [3.63, 3.8) is 0 Å². The SMILES string of the molecule is CC.CCN(C)C1CCC(Nc2cc(C)ncn2)CC1. The zero-order chi connectivity index (χ0) is 15.0. The number of hydrogen-bond acceptors (Lipinski definition) is 4. The molecule has 0 unspecified atom stereocenters. The van der Waals surface area contributed by atoms with Gasteiger partial charge in [-0.05, 0) is 46.2 Å². The third kappa shape index (κ3) is 5.08. The summed E-state index contributed by atoms with van der Waals surface area (Å²) < 4.78 is 0. The molecule has 20 heavy (non-hydrogen) atoms. The lowest BCUT2D eigenvalue weighted by Gasteiger charge is -2.34. The van der Waals surface area contributed by atoms with E-state index in [4.69, 9.17) is 0 Å².